The molecule has 72 valence electrons. The van der Waals surface area contributed by atoms with E-state index in [4.69, 9.17) is 17.3 Å². The molecule has 0 spiro atoms. The zero-order chi connectivity index (χ0) is 10.2. The summed E-state index contributed by atoms with van der Waals surface area (Å²) in [6, 6.07) is 2.44. The minimum atomic E-state index is -4.51. The summed E-state index contributed by atoms with van der Waals surface area (Å²) >= 11 is 5.66. The molecule has 0 amide bonds. The Labute approximate surface area is 99.4 Å². The first-order chi connectivity index (χ1) is 5.84. The maximum atomic E-state index is 10.6. The number of nitrogen functional groups attached to an aromatic ring is 1. The Hall–Kier alpha value is -0.183. The molecule has 7 heteroatoms. The van der Waals surface area contributed by atoms with Gasteiger partial charge in [0, 0.05) is 5.02 Å². The van der Waals surface area contributed by atoms with Gasteiger partial charge >= 0.3 is 18.9 Å². The van der Waals surface area contributed by atoms with Crippen LogP contribution in [-0.4, -0.2) is 13.0 Å². The molecule has 0 bridgehead atoms. The Bertz CT molecular complexity index is 446. The summed E-state index contributed by atoms with van der Waals surface area (Å²) in [5.41, 5.74) is 5.73. The Kier molecular flexibility index (Phi) is 4.50. The summed E-state index contributed by atoms with van der Waals surface area (Å²) in [7, 11) is -4.51. The fraction of sp³-hybridized carbons (Fsp3) is 0.143. The van der Waals surface area contributed by atoms with Crippen LogP contribution in [0.5, 0.6) is 0 Å². The van der Waals surface area contributed by atoms with Crippen molar-refractivity contribution in [2.75, 3.05) is 5.73 Å². The van der Waals surface area contributed by atoms with Crippen LogP contribution in [0.4, 0.5) is 5.69 Å². The Morgan fingerprint density at radius 1 is 1.43 bits per heavy atom. The van der Waals surface area contributed by atoms with Crippen molar-refractivity contribution in [1.82, 2.24) is 0 Å². The van der Waals surface area contributed by atoms with E-state index in [2.05, 4.69) is 0 Å². The number of hydrogen-bond acceptors (Lipinski definition) is 4. The van der Waals surface area contributed by atoms with Gasteiger partial charge < -0.3 is 10.3 Å². The van der Waals surface area contributed by atoms with E-state index >= 15 is 0 Å². The van der Waals surface area contributed by atoms with Crippen LogP contribution in [-0.2, 0) is 10.1 Å². The average Bonchev–Trinajstić information content (AvgIpc) is 1.98. The molecule has 14 heavy (non-hydrogen) atoms. The van der Waals surface area contributed by atoms with E-state index < -0.39 is 15.0 Å². The zero-order valence-electron chi connectivity index (χ0n) is 7.74. The van der Waals surface area contributed by atoms with Gasteiger partial charge in [-0.3, -0.25) is 0 Å². The normalized spacial score (nSPS) is 10.8. The van der Waals surface area contributed by atoms with Crippen LogP contribution in [0.1, 0.15) is 5.56 Å². The zero-order valence-corrected chi connectivity index (χ0v) is 9.32. The van der Waals surface area contributed by atoms with Gasteiger partial charge in [0.1, 0.15) is 10.1 Å². The number of rotatable bonds is 1. The van der Waals surface area contributed by atoms with Crippen LogP contribution in [0, 0.1) is 6.92 Å². The standard InChI is InChI=1S/C7H8ClNO3S.Li/c1-4-5(8)2-3-6(7(4)9)13(10,11)12;/h2-3H,9H2,1H3,(H,10,11,12);/q;+1/p-1. The molecule has 0 radical (unpaired) electrons. The molecule has 1 aromatic carbocycles. The maximum Gasteiger partial charge on any atom is 1.00 e. The smallest absolute Gasteiger partial charge is 0.744 e. The third kappa shape index (κ3) is 2.66. The van der Waals surface area contributed by atoms with Crippen LogP contribution in [0.3, 0.4) is 0 Å². The molecule has 0 aliphatic rings. The van der Waals surface area contributed by atoms with E-state index in [9.17, 15) is 13.0 Å². The molecule has 0 aromatic heterocycles. The fourth-order valence-corrected chi connectivity index (χ4v) is 1.72. The van der Waals surface area contributed by atoms with Crippen molar-refractivity contribution in [1.29, 1.82) is 0 Å². The third-order valence-electron chi connectivity index (χ3n) is 1.68. The number of benzene rings is 1. The number of nitrogens with two attached hydrogens (primary N) is 1. The third-order valence-corrected chi connectivity index (χ3v) is 2.98. The van der Waals surface area contributed by atoms with Crippen LogP contribution < -0.4 is 24.6 Å². The number of halogens is 1. The van der Waals surface area contributed by atoms with Gasteiger partial charge in [-0.25, -0.2) is 8.42 Å². The summed E-state index contributed by atoms with van der Waals surface area (Å²) < 4.78 is 31.9. The minimum Gasteiger partial charge on any atom is -0.744 e. The van der Waals surface area contributed by atoms with Gasteiger partial charge in [-0.05, 0) is 24.6 Å². The van der Waals surface area contributed by atoms with Crippen molar-refractivity contribution >= 4 is 27.4 Å². The number of hydrogen-bond donors (Lipinski definition) is 1. The van der Waals surface area contributed by atoms with Crippen molar-refractivity contribution in [3.63, 3.8) is 0 Å². The van der Waals surface area contributed by atoms with Gasteiger partial charge in [0.05, 0.1) is 10.6 Å². The second-order valence-electron chi connectivity index (χ2n) is 2.54. The molecular weight excluding hydrogens is 221 g/mol. The molecule has 0 saturated carbocycles. The monoisotopic (exact) mass is 227 g/mol. The van der Waals surface area contributed by atoms with Crippen LogP contribution in [0.15, 0.2) is 17.0 Å². The van der Waals surface area contributed by atoms with E-state index in [1.54, 1.807) is 6.92 Å². The topological polar surface area (TPSA) is 83.2 Å². The summed E-state index contributed by atoms with van der Waals surface area (Å²) in [4.78, 5) is -0.422. The van der Waals surface area contributed by atoms with Gasteiger partial charge in [-0.2, -0.15) is 0 Å². The van der Waals surface area contributed by atoms with Gasteiger partial charge in [-0.15, -0.1) is 0 Å². The van der Waals surface area contributed by atoms with Crippen molar-refractivity contribution in [2.24, 2.45) is 0 Å². The summed E-state index contributed by atoms with van der Waals surface area (Å²) in [6.45, 7) is 1.55. The number of anilines is 1. The average molecular weight is 228 g/mol. The molecule has 1 aromatic rings. The Morgan fingerprint density at radius 2 is 1.93 bits per heavy atom. The van der Waals surface area contributed by atoms with Crippen LogP contribution in [0.25, 0.3) is 0 Å². The maximum absolute atomic E-state index is 10.6. The SMILES string of the molecule is Cc1c(Cl)ccc(S(=O)(=O)[O-])c1N.[Li+]. The van der Waals surface area contributed by atoms with Gasteiger partial charge in [-0.1, -0.05) is 11.6 Å². The summed E-state index contributed by atoms with van der Waals surface area (Å²) in [5, 5.41) is 0.338. The predicted molar refractivity (Wildman–Crippen MR) is 48.6 cm³/mol. The first-order valence-corrected chi connectivity index (χ1v) is 5.13. The fourth-order valence-electron chi connectivity index (χ4n) is 0.895. The molecule has 2 N–H and O–H groups in total. The molecule has 0 aliphatic heterocycles. The van der Waals surface area contributed by atoms with Crippen molar-refractivity contribution in [3.05, 3.63) is 22.7 Å². The molecule has 0 fully saturated rings. The molecule has 0 atom stereocenters. The molecule has 0 aliphatic carbocycles. The second kappa shape index (κ2) is 4.56. The van der Waals surface area contributed by atoms with Crippen molar-refractivity contribution in [3.8, 4) is 0 Å². The quantitative estimate of drug-likeness (QED) is 0.346. The molecular formula is C7H7ClLiNO3S. The largest absolute Gasteiger partial charge is 1.00 e. The van der Waals surface area contributed by atoms with Gasteiger partial charge in [0.25, 0.3) is 0 Å². The molecule has 0 saturated heterocycles. The van der Waals surface area contributed by atoms with Crippen molar-refractivity contribution < 1.29 is 31.8 Å². The van der Waals surface area contributed by atoms with Crippen LogP contribution in [0.2, 0.25) is 5.02 Å². The molecule has 0 heterocycles. The molecule has 1 rings (SSSR count). The summed E-state index contributed by atoms with van der Waals surface area (Å²) in [6.07, 6.45) is 0. The van der Waals surface area contributed by atoms with E-state index in [1.807, 2.05) is 0 Å². The van der Waals surface area contributed by atoms with Gasteiger partial charge in [0.2, 0.25) is 0 Å². The predicted octanol–water partition coefficient (Wildman–Crippen LogP) is -1.86. The van der Waals surface area contributed by atoms with E-state index in [0.29, 0.717) is 10.6 Å². The second-order valence-corrected chi connectivity index (χ2v) is 4.29. The van der Waals surface area contributed by atoms with E-state index in [1.165, 1.54) is 6.07 Å². The summed E-state index contributed by atoms with van der Waals surface area (Å²) in [5.74, 6) is 0. The Morgan fingerprint density at radius 3 is 2.36 bits per heavy atom. The minimum absolute atomic E-state index is 0. The van der Waals surface area contributed by atoms with Crippen molar-refractivity contribution in [2.45, 2.75) is 11.8 Å². The Balaban J connectivity index is 0.00000169. The first-order valence-electron chi connectivity index (χ1n) is 3.34. The first kappa shape index (κ1) is 13.8. The van der Waals surface area contributed by atoms with E-state index in [0.717, 1.165) is 6.07 Å². The molecule has 4 nitrogen and oxygen atoms in total. The molecule has 0 unspecified atom stereocenters. The van der Waals surface area contributed by atoms with E-state index in [-0.39, 0.29) is 24.5 Å². The van der Waals surface area contributed by atoms with Crippen LogP contribution >= 0.6 is 11.6 Å². The van der Waals surface area contributed by atoms with Gasteiger partial charge in [0.15, 0.2) is 0 Å².